The molecule has 0 amide bonds. The van der Waals surface area contributed by atoms with Crippen LogP contribution in [0.1, 0.15) is 0 Å². The molecule has 4 aromatic heterocycles. The molecule has 0 aliphatic rings. The predicted molar refractivity (Wildman–Crippen MR) is 108 cm³/mol. The second-order valence-electron chi connectivity index (χ2n) is 4.85. The van der Waals surface area contributed by atoms with Crippen molar-refractivity contribution in [3.05, 3.63) is 103 Å². The number of aromatic nitrogens is 8. The summed E-state index contributed by atoms with van der Waals surface area (Å²) in [5.74, 6) is 0.660. The molecule has 0 spiro atoms. The largest absolute Gasteiger partial charge is 0.384 e. The number of hydrogen-bond donors (Lipinski definition) is 6. The summed E-state index contributed by atoms with van der Waals surface area (Å²) in [7, 11) is 0. The Kier molecular flexibility index (Phi) is 10.3. The molecule has 4 heterocycles. The van der Waals surface area contributed by atoms with Gasteiger partial charge in [0.1, 0.15) is 12.1 Å². The standard InChI is InChI=1S/C4H5N3O.C4H5N3.C4H4N2O2.C4H4N2O/c5-4-6-2-1-3(8)7-4;5-4-1-2-6-3-7-4;7-3-1-2-5-4(8)6-3;7-4-1-2-5-3-6-4/h1-2H,(H3,5,6,7,8);1-3H,(H2,5,6,7);1-2H,(H2,5,6,7,8);1-3H,(H,5,6,7). The van der Waals surface area contributed by atoms with Crippen molar-refractivity contribution in [1.82, 2.24) is 39.9 Å². The van der Waals surface area contributed by atoms with Gasteiger partial charge in [-0.3, -0.25) is 24.4 Å². The first kappa shape index (κ1) is 23.2. The summed E-state index contributed by atoms with van der Waals surface area (Å²) in [6.45, 7) is 0. The molecule has 156 valence electrons. The van der Waals surface area contributed by atoms with Crippen LogP contribution in [0.3, 0.4) is 0 Å². The molecule has 30 heavy (non-hydrogen) atoms. The summed E-state index contributed by atoms with van der Waals surface area (Å²) in [6.07, 6.45) is 8.45. The smallest absolute Gasteiger partial charge is 0.325 e. The number of rotatable bonds is 0. The van der Waals surface area contributed by atoms with Gasteiger partial charge < -0.3 is 21.4 Å². The van der Waals surface area contributed by atoms with Crippen LogP contribution in [0.5, 0.6) is 0 Å². The van der Waals surface area contributed by atoms with E-state index in [4.69, 9.17) is 11.5 Å². The van der Waals surface area contributed by atoms with Crippen LogP contribution in [0.15, 0.2) is 80.9 Å². The highest BCUT2D eigenvalue weighted by molar-refractivity contribution is 5.22. The van der Waals surface area contributed by atoms with Crippen molar-refractivity contribution >= 4 is 11.8 Å². The Balaban J connectivity index is 0.000000200. The van der Waals surface area contributed by atoms with E-state index in [0.29, 0.717) is 5.82 Å². The maximum Gasteiger partial charge on any atom is 0.325 e. The van der Waals surface area contributed by atoms with Gasteiger partial charge in [0, 0.05) is 43.0 Å². The third-order valence-corrected chi connectivity index (χ3v) is 2.57. The minimum absolute atomic E-state index is 0.116. The molecule has 0 radical (unpaired) electrons. The molecule has 0 aliphatic carbocycles. The summed E-state index contributed by atoms with van der Waals surface area (Å²) in [4.78, 5) is 64.2. The monoisotopic (exact) mass is 414 g/mol. The van der Waals surface area contributed by atoms with Gasteiger partial charge >= 0.3 is 5.69 Å². The van der Waals surface area contributed by atoms with Crippen LogP contribution in [0.25, 0.3) is 0 Å². The van der Waals surface area contributed by atoms with E-state index in [-0.39, 0.29) is 22.6 Å². The molecule has 4 rings (SSSR count). The highest BCUT2D eigenvalue weighted by Gasteiger charge is 1.81. The van der Waals surface area contributed by atoms with Crippen LogP contribution < -0.4 is 33.8 Å². The molecule has 0 unspecified atom stereocenters. The zero-order valence-electron chi connectivity index (χ0n) is 15.4. The van der Waals surface area contributed by atoms with Crippen LogP contribution >= 0.6 is 0 Å². The first-order valence-electron chi connectivity index (χ1n) is 7.96. The summed E-state index contributed by atoms with van der Waals surface area (Å²) >= 11 is 0. The Hall–Kier alpha value is -4.88. The number of H-pyrrole nitrogens is 4. The zero-order chi connectivity index (χ0) is 22.2. The fraction of sp³-hybridized carbons (Fsp3) is 0. The summed E-state index contributed by atoms with van der Waals surface area (Å²) in [5.41, 5.74) is 9.10. The van der Waals surface area contributed by atoms with Gasteiger partial charge in [-0.2, -0.15) is 0 Å². The molecular formula is C16H18N10O4. The van der Waals surface area contributed by atoms with Gasteiger partial charge in [-0.25, -0.2) is 24.7 Å². The molecule has 0 saturated carbocycles. The molecule has 0 bridgehead atoms. The van der Waals surface area contributed by atoms with Gasteiger partial charge in [0.15, 0.2) is 5.95 Å². The van der Waals surface area contributed by atoms with E-state index in [9.17, 15) is 19.2 Å². The van der Waals surface area contributed by atoms with Crippen LogP contribution in [0.2, 0.25) is 0 Å². The number of aromatic amines is 4. The number of hydrogen-bond acceptors (Lipinski definition) is 10. The van der Waals surface area contributed by atoms with Crippen LogP contribution in [0, 0.1) is 0 Å². The van der Waals surface area contributed by atoms with Crippen molar-refractivity contribution < 1.29 is 0 Å². The third-order valence-electron chi connectivity index (χ3n) is 2.57. The topological polar surface area (TPSA) is 235 Å². The van der Waals surface area contributed by atoms with Gasteiger partial charge in [0.25, 0.3) is 16.7 Å². The second kappa shape index (κ2) is 13.3. The molecule has 8 N–H and O–H groups in total. The predicted octanol–water partition coefficient (Wildman–Crippen LogP) is -1.76. The normalized spacial score (nSPS) is 8.80. The summed E-state index contributed by atoms with van der Waals surface area (Å²) in [6, 6.07) is 5.54. The first-order chi connectivity index (χ1) is 14.4. The molecule has 14 nitrogen and oxygen atoms in total. The average molecular weight is 414 g/mol. The van der Waals surface area contributed by atoms with Crippen LogP contribution in [-0.4, -0.2) is 39.9 Å². The Morgan fingerprint density at radius 3 is 1.73 bits per heavy atom. The third kappa shape index (κ3) is 11.7. The minimum atomic E-state index is -0.475. The number of nitrogens with one attached hydrogen (secondary N) is 4. The fourth-order valence-electron chi connectivity index (χ4n) is 1.37. The SMILES string of the molecule is Nc1ccncn1.Nc1nccc(=O)[nH]1.O=c1cc[nH]c(=O)[nH]1.O=c1ccnc[nH]1. The summed E-state index contributed by atoms with van der Waals surface area (Å²) in [5, 5.41) is 0. The lowest BCUT2D eigenvalue weighted by atomic mass is 10.6. The molecule has 4 aromatic rings. The maximum atomic E-state index is 10.3. The Morgan fingerprint density at radius 2 is 1.40 bits per heavy atom. The molecule has 0 atom stereocenters. The van der Waals surface area contributed by atoms with E-state index in [1.54, 1.807) is 12.3 Å². The van der Waals surface area contributed by atoms with Crippen molar-refractivity contribution in [3.8, 4) is 0 Å². The molecule has 0 aliphatic heterocycles. The molecule has 0 fully saturated rings. The lowest BCUT2D eigenvalue weighted by Crippen LogP contribution is -2.19. The summed E-state index contributed by atoms with van der Waals surface area (Å²) < 4.78 is 0. The lowest BCUT2D eigenvalue weighted by Gasteiger charge is -1.84. The van der Waals surface area contributed by atoms with Crippen LogP contribution in [-0.2, 0) is 0 Å². The van der Waals surface area contributed by atoms with Crippen molar-refractivity contribution in [1.29, 1.82) is 0 Å². The van der Waals surface area contributed by atoms with E-state index in [1.807, 2.05) is 4.98 Å². The van der Waals surface area contributed by atoms with Gasteiger partial charge in [0.2, 0.25) is 0 Å². The first-order valence-corrected chi connectivity index (χ1v) is 7.96. The lowest BCUT2D eigenvalue weighted by molar-refractivity contribution is 1.04. The second-order valence-corrected chi connectivity index (χ2v) is 4.85. The van der Waals surface area contributed by atoms with Crippen LogP contribution in [0.4, 0.5) is 11.8 Å². The van der Waals surface area contributed by atoms with E-state index >= 15 is 0 Å². The number of anilines is 2. The zero-order valence-corrected chi connectivity index (χ0v) is 15.4. The van der Waals surface area contributed by atoms with E-state index < -0.39 is 5.69 Å². The highest BCUT2D eigenvalue weighted by atomic mass is 16.2. The number of nitrogen functional groups attached to an aromatic ring is 2. The minimum Gasteiger partial charge on any atom is -0.384 e. The van der Waals surface area contributed by atoms with Gasteiger partial charge in [0.05, 0.1) is 6.33 Å². The van der Waals surface area contributed by atoms with E-state index in [1.165, 1.54) is 49.4 Å². The van der Waals surface area contributed by atoms with Crippen molar-refractivity contribution in [2.75, 3.05) is 11.5 Å². The molecular weight excluding hydrogens is 396 g/mol. The quantitative estimate of drug-likeness (QED) is 0.189. The molecule has 0 saturated heterocycles. The fourth-order valence-corrected chi connectivity index (χ4v) is 1.37. The maximum absolute atomic E-state index is 10.3. The Labute approximate surface area is 167 Å². The molecule has 0 aromatic carbocycles. The highest BCUT2D eigenvalue weighted by Crippen LogP contribution is 1.86. The number of nitrogens with zero attached hydrogens (tertiary/aromatic N) is 4. The van der Waals surface area contributed by atoms with Gasteiger partial charge in [-0.05, 0) is 6.07 Å². The Morgan fingerprint density at radius 1 is 0.700 bits per heavy atom. The Bertz CT molecular complexity index is 1170. The van der Waals surface area contributed by atoms with Gasteiger partial charge in [-0.15, -0.1) is 0 Å². The van der Waals surface area contributed by atoms with Crippen molar-refractivity contribution in [3.63, 3.8) is 0 Å². The van der Waals surface area contributed by atoms with E-state index in [2.05, 4.69) is 34.9 Å². The van der Waals surface area contributed by atoms with Gasteiger partial charge in [-0.1, -0.05) is 0 Å². The van der Waals surface area contributed by atoms with E-state index in [0.717, 1.165) is 0 Å². The molecule has 14 heteroatoms. The average Bonchev–Trinajstić information content (AvgIpc) is 2.70. The number of nitrogens with two attached hydrogens (primary N) is 2. The van der Waals surface area contributed by atoms with Crippen molar-refractivity contribution in [2.45, 2.75) is 0 Å². The van der Waals surface area contributed by atoms with Crippen molar-refractivity contribution in [2.24, 2.45) is 0 Å².